The highest BCUT2D eigenvalue weighted by atomic mass is 79.9. The fraction of sp³-hybridized carbons (Fsp3) is 0.250. The molecule has 1 aromatic carbocycles. The Balaban J connectivity index is 1.65. The second-order valence-corrected chi connectivity index (χ2v) is 5.17. The molecular weight excluding hydrogens is 296 g/mol. The summed E-state index contributed by atoms with van der Waals surface area (Å²) in [5.74, 6) is 0.0684. The highest BCUT2D eigenvalue weighted by Crippen LogP contribution is 2.22. The Hall–Kier alpha value is -1.69. The molecule has 0 spiro atoms. The van der Waals surface area contributed by atoms with Gasteiger partial charge in [0.15, 0.2) is 0 Å². The van der Waals surface area contributed by atoms with Crippen LogP contribution in [-0.4, -0.2) is 38.9 Å². The monoisotopic (exact) mass is 306 g/mol. The average Bonchev–Trinajstić information content (AvgIpc) is 2.81. The van der Waals surface area contributed by atoms with Crippen LogP contribution in [0.5, 0.6) is 0 Å². The van der Waals surface area contributed by atoms with E-state index in [4.69, 9.17) is 0 Å². The van der Waals surface area contributed by atoms with Crippen molar-refractivity contribution in [2.75, 3.05) is 13.1 Å². The smallest absolute Gasteiger partial charge is 0.254 e. The lowest BCUT2D eigenvalue weighted by Crippen LogP contribution is -2.50. The van der Waals surface area contributed by atoms with Crippen LogP contribution in [0.2, 0.25) is 0 Å². The number of hydrogen-bond donors (Lipinski definition) is 0. The van der Waals surface area contributed by atoms with Crippen LogP contribution in [0.25, 0.3) is 0 Å². The second-order valence-electron chi connectivity index (χ2n) is 4.25. The summed E-state index contributed by atoms with van der Waals surface area (Å²) in [6, 6.07) is 7.67. The lowest BCUT2D eigenvalue weighted by molar-refractivity contribution is 0.0498. The van der Waals surface area contributed by atoms with Gasteiger partial charge >= 0.3 is 0 Å². The fourth-order valence-electron chi connectivity index (χ4n) is 1.98. The number of carbonyl (C=O) groups is 1. The Bertz CT molecular complexity index is 546. The first-order valence-electron chi connectivity index (χ1n) is 5.64. The van der Waals surface area contributed by atoms with E-state index in [2.05, 4.69) is 26.2 Å². The van der Waals surface area contributed by atoms with Gasteiger partial charge in [-0.2, -0.15) is 0 Å². The van der Waals surface area contributed by atoms with Crippen molar-refractivity contribution < 1.29 is 4.79 Å². The molecule has 5 nitrogen and oxygen atoms in total. The first-order valence-corrected chi connectivity index (χ1v) is 6.44. The van der Waals surface area contributed by atoms with Gasteiger partial charge in [0.1, 0.15) is 0 Å². The predicted octanol–water partition coefficient (Wildman–Crippen LogP) is 1.74. The Kier molecular flexibility index (Phi) is 2.87. The van der Waals surface area contributed by atoms with E-state index in [0.29, 0.717) is 13.1 Å². The molecule has 0 saturated carbocycles. The van der Waals surface area contributed by atoms with Crippen molar-refractivity contribution in [1.82, 2.24) is 19.9 Å². The molecule has 6 heteroatoms. The van der Waals surface area contributed by atoms with E-state index in [9.17, 15) is 4.79 Å². The molecular formula is C12H11BrN4O. The second kappa shape index (κ2) is 4.53. The molecule has 0 radical (unpaired) electrons. The van der Waals surface area contributed by atoms with E-state index in [0.717, 1.165) is 10.0 Å². The minimum absolute atomic E-state index is 0.0684. The van der Waals surface area contributed by atoms with Crippen LogP contribution < -0.4 is 0 Å². The van der Waals surface area contributed by atoms with Crippen molar-refractivity contribution in [2.45, 2.75) is 6.04 Å². The summed E-state index contributed by atoms with van der Waals surface area (Å²) in [6.45, 7) is 1.39. The standard InChI is InChI=1S/C12H11BrN4O/c13-10-3-1-9(2-4-10)12(18)16-7-11(8-16)17-6-5-14-15-17/h1-6,11H,7-8H2. The third-order valence-corrected chi connectivity index (χ3v) is 3.58. The largest absolute Gasteiger partial charge is 0.334 e. The van der Waals surface area contributed by atoms with Gasteiger partial charge in [-0.1, -0.05) is 21.1 Å². The molecule has 1 fully saturated rings. The van der Waals surface area contributed by atoms with Crippen molar-refractivity contribution in [2.24, 2.45) is 0 Å². The normalized spacial score (nSPS) is 15.5. The van der Waals surface area contributed by atoms with Gasteiger partial charge in [-0.3, -0.25) is 4.79 Å². The van der Waals surface area contributed by atoms with Gasteiger partial charge in [0.05, 0.1) is 12.2 Å². The van der Waals surface area contributed by atoms with E-state index in [-0.39, 0.29) is 11.9 Å². The molecule has 1 aliphatic heterocycles. The van der Waals surface area contributed by atoms with Crippen LogP contribution in [0.3, 0.4) is 0 Å². The highest BCUT2D eigenvalue weighted by molar-refractivity contribution is 9.10. The molecule has 0 aliphatic carbocycles. The number of hydrogen-bond acceptors (Lipinski definition) is 3. The predicted molar refractivity (Wildman–Crippen MR) is 69.1 cm³/mol. The number of amides is 1. The summed E-state index contributed by atoms with van der Waals surface area (Å²) in [5.41, 5.74) is 0.718. The van der Waals surface area contributed by atoms with Crippen molar-refractivity contribution in [3.05, 3.63) is 46.7 Å². The topological polar surface area (TPSA) is 51.0 Å². The third-order valence-electron chi connectivity index (χ3n) is 3.06. The fourth-order valence-corrected chi connectivity index (χ4v) is 2.24. The first-order chi connectivity index (χ1) is 8.74. The van der Waals surface area contributed by atoms with Gasteiger partial charge in [-0.05, 0) is 24.3 Å². The zero-order valence-electron chi connectivity index (χ0n) is 9.53. The molecule has 3 rings (SSSR count). The van der Waals surface area contributed by atoms with E-state index in [1.807, 2.05) is 35.4 Å². The number of benzene rings is 1. The number of rotatable bonds is 2. The van der Waals surface area contributed by atoms with Gasteiger partial charge < -0.3 is 4.90 Å². The van der Waals surface area contributed by atoms with Gasteiger partial charge in [-0.25, -0.2) is 4.68 Å². The highest BCUT2D eigenvalue weighted by Gasteiger charge is 2.32. The van der Waals surface area contributed by atoms with Crippen molar-refractivity contribution in [1.29, 1.82) is 0 Å². The van der Waals surface area contributed by atoms with Crippen LogP contribution >= 0.6 is 15.9 Å². The third kappa shape index (κ3) is 2.03. The zero-order valence-corrected chi connectivity index (χ0v) is 11.1. The lowest BCUT2D eigenvalue weighted by Gasteiger charge is -2.38. The van der Waals surface area contributed by atoms with Crippen LogP contribution in [0, 0.1) is 0 Å². The number of carbonyl (C=O) groups excluding carboxylic acids is 1. The van der Waals surface area contributed by atoms with Crippen LogP contribution in [-0.2, 0) is 0 Å². The summed E-state index contributed by atoms with van der Waals surface area (Å²) in [5, 5.41) is 7.71. The molecule has 0 atom stereocenters. The molecule has 92 valence electrons. The van der Waals surface area contributed by atoms with Crippen molar-refractivity contribution >= 4 is 21.8 Å². The Morgan fingerprint density at radius 2 is 2.00 bits per heavy atom. The summed E-state index contributed by atoms with van der Waals surface area (Å²) < 4.78 is 2.77. The molecule has 1 aliphatic rings. The van der Waals surface area contributed by atoms with Crippen molar-refractivity contribution in [3.8, 4) is 0 Å². The Morgan fingerprint density at radius 1 is 1.28 bits per heavy atom. The Morgan fingerprint density at radius 3 is 2.61 bits per heavy atom. The Labute approximate surface area is 113 Å². The van der Waals surface area contributed by atoms with Crippen LogP contribution in [0.1, 0.15) is 16.4 Å². The molecule has 2 heterocycles. The number of nitrogens with zero attached hydrogens (tertiary/aromatic N) is 4. The average molecular weight is 307 g/mol. The molecule has 0 N–H and O–H groups in total. The molecule has 0 unspecified atom stereocenters. The van der Waals surface area contributed by atoms with Gasteiger partial charge in [0, 0.05) is 29.3 Å². The summed E-state index contributed by atoms with van der Waals surface area (Å²) >= 11 is 3.35. The van der Waals surface area contributed by atoms with Crippen LogP contribution in [0.4, 0.5) is 0 Å². The summed E-state index contributed by atoms with van der Waals surface area (Å²) in [6.07, 6.45) is 3.48. The van der Waals surface area contributed by atoms with Crippen molar-refractivity contribution in [3.63, 3.8) is 0 Å². The minimum Gasteiger partial charge on any atom is -0.334 e. The molecule has 1 aromatic heterocycles. The van der Waals surface area contributed by atoms with Gasteiger partial charge in [-0.15, -0.1) is 5.10 Å². The summed E-state index contributed by atoms with van der Waals surface area (Å²) in [4.78, 5) is 13.9. The maximum Gasteiger partial charge on any atom is 0.254 e. The number of halogens is 1. The van der Waals surface area contributed by atoms with Gasteiger partial charge in [0.25, 0.3) is 5.91 Å². The van der Waals surface area contributed by atoms with E-state index in [1.165, 1.54) is 0 Å². The quantitative estimate of drug-likeness (QED) is 0.849. The molecule has 2 aromatic rings. The first kappa shape index (κ1) is 11.4. The van der Waals surface area contributed by atoms with E-state index >= 15 is 0 Å². The van der Waals surface area contributed by atoms with Gasteiger partial charge in [0.2, 0.25) is 0 Å². The lowest BCUT2D eigenvalue weighted by atomic mass is 10.1. The maximum absolute atomic E-state index is 12.1. The number of aromatic nitrogens is 3. The van der Waals surface area contributed by atoms with E-state index < -0.39 is 0 Å². The van der Waals surface area contributed by atoms with Crippen LogP contribution in [0.15, 0.2) is 41.1 Å². The maximum atomic E-state index is 12.1. The minimum atomic E-state index is 0.0684. The molecule has 18 heavy (non-hydrogen) atoms. The molecule has 1 amide bonds. The molecule has 0 bridgehead atoms. The molecule has 1 saturated heterocycles. The number of likely N-dealkylation sites (tertiary alicyclic amines) is 1. The SMILES string of the molecule is O=C(c1ccc(Br)cc1)N1CC(n2ccnn2)C1. The summed E-state index contributed by atoms with van der Waals surface area (Å²) in [7, 11) is 0. The van der Waals surface area contributed by atoms with E-state index in [1.54, 1.807) is 10.9 Å². The zero-order chi connectivity index (χ0) is 12.5.